The molecule has 1 heterocycles. The van der Waals surface area contributed by atoms with Gasteiger partial charge < -0.3 is 14.7 Å². The van der Waals surface area contributed by atoms with E-state index in [-0.39, 0.29) is 5.69 Å². The minimum absolute atomic E-state index is 0.0102. The van der Waals surface area contributed by atoms with Crippen molar-refractivity contribution in [1.82, 2.24) is 0 Å². The third kappa shape index (κ3) is 3.70. The van der Waals surface area contributed by atoms with Crippen molar-refractivity contribution in [2.45, 2.75) is 50.5 Å². The molecule has 8 nitrogen and oxygen atoms in total. The lowest BCUT2D eigenvalue weighted by atomic mass is 9.85. The molecule has 0 unspecified atom stereocenters. The van der Waals surface area contributed by atoms with Crippen molar-refractivity contribution in [3.05, 3.63) is 33.9 Å². The molecular weight excluding hydrogens is 340 g/mol. The summed E-state index contributed by atoms with van der Waals surface area (Å²) < 4.78 is 5.09. The van der Waals surface area contributed by atoms with Gasteiger partial charge in [-0.05, 0) is 50.2 Å². The van der Waals surface area contributed by atoms with Gasteiger partial charge >= 0.3 is 5.97 Å². The number of esters is 1. The Morgan fingerprint density at radius 1 is 1.23 bits per heavy atom. The molecule has 0 aromatic heterocycles. The number of anilines is 1. The third-order valence-electron chi connectivity index (χ3n) is 5.08. The van der Waals surface area contributed by atoms with Gasteiger partial charge in [-0.2, -0.15) is 0 Å². The smallest absolute Gasteiger partial charge is 0.338 e. The summed E-state index contributed by atoms with van der Waals surface area (Å²) in [5, 5.41) is 21.2. The van der Waals surface area contributed by atoms with Crippen molar-refractivity contribution in [1.29, 1.82) is 0 Å². The summed E-state index contributed by atoms with van der Waals surface area (Å²) in [6, 6.07) is 4.40. The lowest BCUT2D eigenvalue weighted by molar-refractivity contribution is -0.384. The molecule has 1 aliphatic heterocycles. The zero-order valence-corrected chi connectivity index (χ0v) is 14.5. The van der Waals surface area contributed by atoms with Gasteiger partial charge in [0.2, 0.25) is 0 Å². The second-order valence-electron chi connectivity index (χ2n) is 6.89. The summed E-state index contributed by atoms with van der Waals surface area (Å²) in [7, 11) is 0. The van der Waals surface area contributed by atoms with Crippen molar-refractivity contribution in [3.8, 4) is 0 Å². The number of hydrogen-bond acceptors (Lipinski definition) is 6. The van der Waals surface area contributed by atoms with Gasteiger partial charge in [0.15, 0.2) is 12.2 Å². The number of aryl methyl sites for hydroxylation is 1. The Bertz CT molecular complexity index is 726. The molecule has 1 saturated carbocycles. The van der Waals surface area contributed by atoms with E-state index in [1.54, 1.807) is 6.07 Å². The van der Waals surface area contributed by atoms with Crippen LogP contribution in [0.3, 0.4) is 0 Å². The number of ether oxygens (including phenoxy) is 1. The van der Waals surface area contributed by atoms with Gasteiger partial charge in [0.05, 0.1) is 4.92 Å². The number of nitro benzene ring substituents is 1. The Hall–Kier alpha value is -2.48. The number of nitro groups is 1. The predicted molar refractivity (Wildman–Crippen MR) is 92.8 cm³/mol. The van der Waals surface area contributed by atoms with E-state index in [2.05, 4.69) is 0 Å². The van der Waals surface area contributed by atoms with Crippen LogP contribution >= 0.6 is 0 Å². The van der Waals surface area contributed by atoms with E-state index in [0.29, 0.717) is 37.9 Å². The van der Waals surface area contributed by atoms with Gasteiger partial charge in [-0.15, -0.1) is 0 Å². The molecule has 3 rings (SSSR count). The summed E-state index contributed by atoms with van der Waals surface area (Å²) in [5.41, 5.74) is -0.154. The van der Waals surface area contributed by atoms with Crippen LogP contribution in [-0.4, -0.2) is 40.7 Å². The molecule has 0 saturated heterocycles. The molecule has 0 atom stereocenters. The quantitative estimate of drug-likeness (QED) is 0.499. The maximum atomic E-state index is 12.5. The van der Waals surface area contributed by atoms with Crippen molar-refractivity contribution < 1.29 is 24.4 Å². The van der Waals surface area contributed by atoms with Crippen LogP contribution in [0.4, 0.5) is 11.4 Å². The van der Waals surface area contributed by atoms with Crippen molar-refractivity contribution >= 4 is 23.3 Å². The Kier molecular flexibility index (Phi) is 5.22. The lowest BCUT2D eigenvalue weighted by Crippen LogP contribution is -2.44. The highest BCUT2D eigenvalue weighted by Gasteiger charge is 2.39. The van der Waals surface area contributed by atoms with Gasteiger partial charge in [0, 0.05) is 24.4 Å². The molecule has 1 amide bonds. The summed E-state index contributed by atoms with van der Waals surface area (Å²) in [4.78, 5) is 36.6. The highest BCUT2D eigenvalue weighted by molar-refractivity contribution is 5.96. The second kappa shape index (κ2) is 7.41. The molecule has 1 aliphatic carbocycles. The van der Waals surface area contributed by atoms with E-state index in [1.807, 2.05) is 0 Å². The Balaban J connectivity index is 1.66. The van der Waals surface area contributed by atoms with Crippen LogP contribution in [0, 0.1) is 10.1 Å². The number of nitrogens with zero attached hydrogens (tertiary/aromatic N) is 2. The van der Waals surface area contributed by atoms with E-state index >= 15 is 0 Å². The number of carbonyl (C=O) groups is 2. The van der Waals surface area contributed by atoms with Crippen LogP contribution < -0.4 is 4.90 Å². The molecule has 1 fully saturated rings. The zero-order chi connectivity index (χ0) is 18.7. The fraction of sp³-hybridized carbons (Fsp3) is 0.556. The average molecular weight is 362 g/mol. The fourth-order valence-electron chi connectivity index (χ4n) is 3.64. The molecule has 0 spiro atoms. The normalized spacial score (nSPS) is 18.7. The van der Waals surface area contributed by atoms with Crippen LogP contribution in [-0.2, 0) is 20.7 Å². The molecule has 26 heavy (non-hydrogen) atoms. The van der Waals surface area contributed by atoms with Gasteiger partial charge in [-0.1, -0.05) is 6.42 Å². The third-order valence-corrected chi connectivity index (χ3v) is 5.08. The number of benzene rings is 1. The largest absolute Gasteiger partial charge is 0.453 e. The van der Waals surface area contributed by atoms with E-state index in [4.69, 9.17) is 4.74 Å². The van der Waals surface area contributed by atoms with Crippen LogP contribution in [0.15, 0.2) is 18.2 Å². The van der Waals surface area contributed by atoms with Gasteiger partial charge in [-0.25, -0.2) is 4.79 Å². The van der Waals surface area contributed by atoms with Crippen molar-refractivity contribution in [3.63, 3.8) is 0 Å². The fourth-order valence-corrected chi connectivity index (χ4v) is 3.64. The van der Waals surface area contributed by atoms with Gasteiger partial charge in [0.1, 0.15) is 0 Å². The van der Waals surface area contributed by atoms with Gasteiger partial charge in [-0.3, -0.25) is 14.9 Å². The summed E-state index contributed by atoms with van der Waals surface area (Å²) in [6.07, 6.45) is 4.55. The number of hydrogen-bond donors (Lipinski definition) is 1. The van der Waals surface area contributed by atoms with E-state index < -0.39 is 29.0 Å². The summed E-state index contributed by atoms with van der Waals surface area (Å²) >= 11 is 0. The molecule has 1 aromatic rings. The molecule has 2 aliphatic rings. The van der Waals surface area contributed by atoms with Gasteiger partial charge in [0.25, 0.3) is 11.6 Å². The first-order valence-corrected chi connectivity index (χ1v) is 8.88. The Labute approximate surface area is 150 Å². The highest BCUT2D eigenvalue weighted by atomic mass is 16.6. The molecular formula is C18H22N2O6. The standard InChI is InChI=1S/C18H22N2O6/c21-16(12-26-17(22)18(23)8-2-1-3-9-18)19-10-4-5-13-11-14(20(24)25)6-7-15(13)19/h6-7,11,23H,1-5,8-10,12H2. The molecule has 0 radical (unpaired) electrons. The SMILES string of the molecule is O=C(COC(=O)C1(O)CCCCC1)N1CCCc2cc([N+](=O)[O-])ccc21. The van der Waals surface area contributed by atoms with Crippen LogP contribution in [0.25, 0.3) is 0 Å². The second-order valence-corrected chi connectivity index (χ2v) is 6.89. The summed E-state index contributed by atoms with van der Waals surface area (Å²) in [5.74, 6) is -1.14. The van der Waals surface area contributed by atoms with E-state index in [1.165, 1.54) is 17.0 Å². The minimum atomic E-state index is -1.49. The predicted octanol–water partition coefficient (Wildman–Crippen LogP) is 2.11. The molecule has 140 valence electrons. The lowest BCUT2D eigenvalue weighted by Gasteiger charge is -2.31. The number of rotatable bonds is 4. The molecule has 1 N–H and O–H groups in total. The molecule has 1 aromatic carbocycles. The average Bonchev–Trinajstić information content (AvgIpc) is 2.65. The van der Waals surface area contributed by atoms with E-state index in [9.17, 15) is 24.8 Å². The van der Waals surface area contributed by atoms with Crippen LogP contribution in [0.5, 0.6) is 0 Å². The van der Waals surface area contributed by atoms with Crippen molar-refractivity contribution in [2.75, 3.05) is 18.1 Å². The van der Waals surface area contributed by atoms with Crippen LogP contribution in [0.1, 0.15) is 44.1 Å². The maximum Gasteiger partial charge on any atom is 0.338 e. The monoisotopic (exact) mass is 362 g/mol. The van der Waals surface area contributed by atoms with Crippen molar-refractivity contribution in [2.24, 2.45) is 0 Å². The number of amides is 1. The van der Waals surface area contributed by atoms with E-state index in [0.717, 1.165) is 24.8 Å². The molecule has 0 bridgehead atoms. The maximum absolute atomic E-state index is 12.5. The first kappa shape index (κ1) is 18.3. The number of aliphatic hydroxyl groups is 1. The Morgan fingerprint density at radius 2 is 1.96 bits per heavy atom. The number of non-ortho nitro benzene ring substituents is 1. The first-order valence-electron chi connectivity index (χ1n) is 8.88. The Morgan fingerprint density at radius 3 is 2.65 bits per heavy atom. The summed E-state index contributed by atoms with van der Waals surface area (Å²) in [6.45, 7) is 0.0169. The molecule has 8 heteroatoms. The first-order chi connectivity index (χ1) is 12.4. The number of fused-ring (bicyclic) bond motifs is 1. The number of carbonyl (C=O) groups excluding carboxylic acids is 2. The zero-order valence-electron chi connectivity index (χ0n) is 14.5. The van der Waals surface area contributed by atoms with Crippen LogP contribution in [0.2, 0.25) is 0 Å². The topological polar surface area (TPSA) is 110 Å². The highest BCUT2D eigenvalue weighted by Crippen LogP contribution is 2.31. The minimum Gasteiger partial charge on any atom is -0.453 e.